The van der Waals surface area contributed by atoms with E-state index in [1.54, 1.807) is 6.07 Å². The van der Waals surface area contributed by atoms with Crippen LogP contribution in [0.2, 0.25) is 5.02 Å². The molecule has 1 heterocycles. The van der Waals surface area contributed by atoms with Crippen LogP contribution in [0.5, 0.6) is 0 Å². The third-order valence-electron chi connectivity index (χ3n) is 3.13. The fraction of sp³-hybridized carbons (Fsp3) is 0.500. The molecule has 2 atom stereocenters. The van der Waals surface area contributed by atoms with E-state index in [-0.39, 0.29) is 11.9 Å². The van der Waals surface area contributed by atoms with E-state index in [0.29, 0.717) is 11.1 Å². The zero-order chi connectivity index (χ0) is 11.7. The van der Waals surface area contributed by atoms with Crippen LogP contribution in [0.25, 0.3) is 0 Å². The van der Waals surface area contributed by atoms with Gasteiger partial charge in [0.2, 0.25) is 0 Å². The first-order valence-electron chi connectivity index (χ1n) is 5.55. The van der Waals surface area contributed by atoms with Crippen LogP contribution < -0.4 is 10.6 Å². The van der Waals surface area contributed by atoms with Crippen LogP contribution in [0.15, 0.2) is 18.2 Å². The van der Waals surface area contributed by atoms with Crippen molar-refractivity contribution in [3.05, 3.63) is 29.0 Å². The summed E-state index contributed by atoms with van der Waals surface area (Å²) in [5.41, 5.74) is 6.68. The van der Waals surface area contributed by atoms with Gasteiger partial charge in [0.15, 0.2) is 0 Å². The number of nitrogens with zero attached hydrogens (tertiary/aromatic N) is 1. The number of hydrogen-bond donors (Lipinski definition) is 1. The molecule has 0 radical (unpaired) electrons. The second-order valence-corrected chi connectivity index (χ2v) is 4.83. The maximum Gasteiger partial charge on any atom is 0.125 e. The van der Waals surface area contributed by atoms with Crippen molar-refractivity contribution in [3.8, 4) is 0 Å². The normalized spacial score (nSPS) is 25.9. The molecule has 2 rings (SSSR count). The van der Waals surface area contributed by atoms with Gasteiger partial charge in [0, 0.05) is 18.6 Å². The molecule has 0 aliphatic carbocycles. The summed E-state index contributed by atoms with van der Waals surface area (Å²) in [6.07, 6.45) is 1.85. The summed E-state index contributed by atoms with van der Waals surface area (Å²) < 4.78 is 13.2. The van der Waals surface area contributed by atoms with Crippen LogP contribution in [0, 0.1) is 5.82 Å². The molecule has 1 aromatic carbocycles. The molecular weight excluding hydrogens is 227 g/mol. The number of benzene rings is 1. The molecule has 1 saturated heterocycles. The lowest BCUT2D eigenvalue weighted by Gasteiger charge is -2.38. The average molecular weight is 243 g/mol. The Morgan fingerprint density at radius 2 is 2.25 bits per heavy atom. The van der Waals surface area contributed by atoms with Gasteiger partial charge in [0.05, 0.1) is 10.7 Å². The quantitative estimate of drug-likeness (QED) is 0.821. The van der Waals surface area contributed by atoms with Gasteiger partial charge in [-0.05, 0) is 38.0 Å². The van der Waals surface area contributed by atoms with E-state index in [0.717, 1.165) is 25.1 Å². The van der Waals surface area contributed by atoms with Crippen molar-refractivity contribution in [2.24, 2.45) is 5.73 Å². The first kappa shape index (κ1) is 11.7. The van der Waals surface area contributed by atoms with E-state index in [2.05, 4.69) is 11.8 Å². The fourth-order valence-electron chi connectivity index (χ4n) is 2.27. The second kappa shape index (κ2) is 4.60. The molecule has 1 fully saturated rings. The van der Waals surface area contributed by atoms with Crippen LogP contribution in [0.3, 0.4) is 0 Å². The van der Waals surface area contributed by atoms with Gasteiger partial charge in [0.25, 0.3) is 0 Å². The molecular formula is C12H16ClFN2. The molecule has 0 bridgehead atoms. The highest BCUT2D eigenvalue weighted by Gasteiger charge is 2.24. The van der Waals surface area contributed by atoms with Gasteiger partial charge in [-0.2, -0.15) is 0 Å². The lowest BCUT2D eigenvalue weighted by Crippen LogP contribution is -2.45. The Morgan fingerprint density at radius 3 is 2.94 bits per heavy atom. The van der Waals surface area contributed by atoms with Gasteiger partial charge in [-0.25, -0.2) is 4.39 Å². The highest BCUT2D eigenvalue weighted by atomic mass is 35.5. The van der Waals surface area contributed by atoms with Crippen LogP contribution in [-0.4, -0.2) is 18.6 Å². The van der Waals surface area contributed by atoms with Crippen molar-refractivity contribution in [3.63, 3.8) is 0 Å². The van der Waals surface area contributed by atoms with Crippen molar-refractivity contribution in [2.45, 2.75) is 31.8 Å². The molecule has 16 heavy (non-hydrogen) atoms. The number of piperidine rings is 1. The maximum atomic E-state index is 13.2. The minimum Gasteiger partial charge on any atom is -0.367 e. The molecule has 0 amide bonds. The molecule has 2 nitrogen and oxygen atoms in total. The molecule has 4 heteroatoms. The highest BCUT2D eigenvalue weighted by molar-refractivity contribution is 6.33. The van der Waals surface area contributed by atoms with E-state index in [4.69, 9.17) is 17.3 Å². The number of anilines is 1. The Bertz CT molecular complexity index is 383. The number of rotatable bonds is 1. The standard InChI is InChI=1S/C12H16ClFN2/c1-8-6-10(15)4-5-16(8)12-7-9(14)2-3-11(12)13/h2-3,7-8,10H,4-6,15H2,1H3. The van der Waals surface area contributed by atoms with Gasteiger partial charge in [-0.15, -0.1) is 0 Å². The first-order valence-corrected chi connectivity index (χ1v) is 5.93. The van der Waals surface area contributed by atoms with Gasteiger partial charge in [-0.3, -0.25) is 0 Å². The van der Waals surface area contributed by atoms with E-state index in [9.17, 15) is 4.39 Å². The average Bonchev–Trinajstić information content (AvgIpc) is 2.22. The molecule has 88 valence electrons. The van der Waals surface area contributed by atoms with Gasteiger partial charge < -0.3 is 10.6 Å². The molecule has 0 spiro atoms. The lowest BCUT2D eigenvalue weighted by molar-refractivity contribution is 0.429. The lowest BCUT2D eigenvalue weighted by atomic mass is 9.98. The number of hydrogen-bond acceptors (Lipinski definition) is 2. The third-order valence-corrected chi connectivity index (χ3v) is 3.45. The maximum absolute atomic E-state index is 13.2. The number of nitrogens with two attached hydrogens (primary N) is 1. The van der Waals surface area contributed by atoms with Crippen molar-refractivity contribution in [2.75, 3.05) is 11.4 Å². The molecule has 1 aromatic rings. The van der Waals surface area contributed by atoms with Crippen LogP contribution >= 0.6 is 11.6 Å². The van der Waals surface area contributed by atoms with Gasteiger partial charge in [0.1, 0.15) is 5.82 Å². The minimum atomic E-state index is -0.249. The molecule has 2 unspecified atom stereocenters. The van der Waals surface area contributed by atoms with E-state index < -0.39 is 0 Å². The SMILES string of the molecule is CC1CC(N)CCN1c1cc(F)ccc1Cl. The third kappa shape index (κ3) is 2.30. The van der Waals surface area contributed by atoms with Crippen molar-refractivity contribution in [1.29, 1.82) is 0 Å². The summed E-state index contributed by atoms with van der Waals surface area (Å²) in [5, 5.41) is 0.601. The second-order valence-electron chi connectivity index (χ2n) is 4.42. The predicted molar refractivity (Wildman–Crippen MR) is 65.4 cm³/mol. The Labute approximate surface area is 100 Å². The zero-order valence-corrected chi connectivity index (χ0v) is 10.0. The molecule has 1 aliphatic rings. The fourth-order valence-corrected chi connectivity index (χ4v) is 2.50. The summed E-state index contributed by atoms with van der Waals surface area (Å²) in [5.74, 6) is -0.249. The predicted octanol–water partition coefficient (Wildman–Crippen LogP) is 2.80. The Kier molecular flexibility index (Phi) is 3.36. The Morgan fingerprint density at radius 1 is 1.50 bits per heavy atom. The van der Waals surface area contributed by atoms with Crippen LogP contribution in [0.1, 0.15) is 19.8 Å². The molecule has 1 aliphatic heterocycles. The summed E-state index contributed by atoms with van der Waals surface area (Å²) in [6, 6.07) is 5.04. The van der Waals surface area contributed by atoms with Crippen molar-refractivity contribution >= 4 is 17.3 Å². The summed E-state index contributed by atoms with van der Waals surface area (Å²) in [4.78, 5) is 2.13. The smallest absolute Gasteiger partial charge is 0.125 e. The van der Waals surface area contributed by atoms with E-state index >= 15 is 0 Å². The topological polar surface area (TPSA) is 29.3 Å². The molecule has 2 N–H and O–H groups in total. The van der Waals surface area contributed by atoms with E-state index in [1.165, 1.54) is 12.1 Å². The Balaban J connectivity index is 2.26. The first-order chi connectivity index (χ1) is 7.58. The van der Waals surface area contributed by atoms with Gasteiger partial charge in [-0.1, -0.05) is 11.6 Å². The summed E-state index contributed by atoms with van der Waals surface area (Å²) >= 11 is 6.09. The van der Waals surface area contributed by atoms with Gasteiger partial charge >= 0.3 is 0 Å². The Hall–Kier alpha value is -0.800. The highest BCUT2D eigenvalue weighted by Crippen LogP contribution is 2.31. The summed E-state index contributed by atoms with van der Waals surface area (Å²) in [6.45, 7) is 2.94. The van der Waals surface area contributed by atoms with Crippen LogP contribution in [-0.2, 0) is 0 Å². The minimum absolute atomic E-state index is 0.249. The van der Waals surface area contributed by atoms with E-state index in [1.807, 2.05) is 0 Å². The molecule has 0 aromatic heterocycles. The van der Waals surface area contributed by atoms with Crippen LogP contribution in [0.4, 0.5) is 10.1 Å². The zero-order valence-electron chi connectivity index (χ0n) is 9.29. The largest absolute Gasteiger partial charge is 0.367 e. The van der Waals surface area contributed by atoms with Crippen molar-refractivity contribution < 1.29 is 4.39 Å². The molecule has 0 saturated carbocycles. The summed E-state index contributed by atoms with van der Waals surface area (Å²) in [7, 11) is 0. The van der Waals surface area contributed by atoms with Crippen molar-refractivity contribution in [1.82, 2.24) is 0 Å². The monoisotopic (exact) mass is 242 g/mol. The number of halogens is 2.